The molecule has 1 heterocycles. The molecule has 76 valence electrons. The molecule has 0 aromatic carbocycles. The van der Waals surface area contributed by atoms with Gasteiger partial charge in [-0.1, -0.05) is 13.0 Å². The smallest absolute Gasteiger partial charge is 0.0312 e. The number of pyridine rings is 1. The van der Waals surface area contributed by atoms with Gasteiger partial charge in [0.05, 0.1) is 0 Å². The lowest BCUT2D eigenvalue weighted by molar-refractivity contribution is 0.461. The van der Waals surface area contributed by atoms with Crippen LogP contribution in [0.1, 0.15) is 25.3 Å². The number of hydrogen-bond donors (Lipinski definition) is 1. The summed E-state index contributed by atoms with van der Waals surface area (Å²) in [5.41, 5.74) is 1.27. The van der Waals surface area contributed by atoms with E-state index in [-0.39, 0.29) is 0 Å². The molecule has 1 unspecified atom stereocenters. The summed E-state index contributed by atoms with van der Waals surface area (Å²) in [5, 5.41) is 3.48. The Balaban J connectivity index is 1.67. The predicted molar refractivity (Wildman–Crippen MR) is 57.8 cm³/mol. The molecular weight excluding hydrogens is 172 g/mol. The number of nitrogens with zero attached hydrogens (tertiary/aromatic N) is 1. The highest BCUT2D eigenvalue weighted by molar-refractivity contribution is 5.07. The molecule has 14 heavy (non-hydrogen) atoms. The first-order chi connectivity index (χ1) is 6.86. The van der Waals surface area contributed by atoms with Gasteiger partial charge < -0.3 is 5.32 Å². The zero-order chi connectivity index (χ0) is 9.80. The molecule has 0 bridgehead atoms. The maximum Gasteiger partial charge on any atom is 0.0312 e. The molecular formula is C12H18N2. The third-order valence-corrected chi connectivity index (χ3v) is 2.94. The lowest BCUT2D eigenvalue weighted by Crippen LogP contribution is -2.21. The first-order valence-electron chi connectivity index (χ1n) is 5.46. The van der Waals surface area contributed by atoms with Gasteiger partial charge >= 0.3 is 0 Å². The molecule has 0 amide bonds. The Kier molecular flexibility index (Phi) is 3.14. The largest absolute Gasteiger partial charge is 0.312 e. The van der Waals surface area contributed by atoms with Gasteiger partial charge in [-0.25, -0.2) is 0 Å². The van der Waals surface area contributed by atoms with Gasteiger partial charge in [-0.15, -0.1) is 0 Å². The molecule has 2 rings (SSSR count). The highest BCUT2D eigenvalue weighted by atomic mass is 14.9. The van der Waals surface area contributed by atoms with Crippen LogP contribution in [0.25, 0.3) is 0 Å². The van der Waals surface area contributed by atoms with E-state index in [9.17, 15) is 0 Å². The van der Waals surface area contributed by atoms with E-state index in [2.05, 4.69) is 23.3 Å². The molecule has 1 aromatic rings. The highest BCUT2D eigenvalue weighted by Gasteiger charge is 2.27. The normalized spacial score (nSPS) is 18.1. The molecule has 0 spiro atoms. The average Bonchev–Trinajstić information content (AvgIpc) is 3.02. The van der Waals surface area contributed by atoms with Crippen molar-refractivity contribution in [3.8, 4) is 0 Å². The molecule has 0 aliphatic heterocycles. The lowest BCUT2D eigenvalue weighted by atomic mass is 10.1. The van der Waals surface area contributed by atoms with Gasteiger partial charge in [0, 0.05) is 18.9 Å². The molecule has 2 heteroatoms. The van der Waals surface area contributed by atoms with Crippen molar-refractivity contribution in [3.05, 3.63) is 30.1 Å². The van der Waals surface area contributed by atoms with Crippen LogP contribution < -0.4 is 5.32 Å². The average molecular weight is 190 g/mol. The Morgan fingerprint density at radius 2 is 2.43 bits per heavy atom. The van der Waals surface area contributed by atoms with E-state index in [1.54, 1.807) is 0 Å². The van der Waals surface area contributed by atoms with Crippen molar-refractivity contribution in [1.82, 2.24) is 10.3 Å². The van der Waals surface area contributed by atoms with Crippen LogP contribution in [0.3, 0.4) is 0 Å². The standard InChI is InChI=1S/C12H18N2/c1-10(12-4-5-12)7-14-9-11-3-2-6-13-8-11/h2-3,6,8,10,12,14H,4-5,7,9H2,1H3. The Hall–Kier alpha value is -0.890. The quantitative estimate of drug-likeness (QED) is 0.770. The summed E-state index contributed by atoms with van der Waals surface area (Å²) in [5.74, 6) is 1.84. The number of rotatable bonds is 5. The van der Waals surface area contributed by atoms with E-state index in [4.69, 9.17) is 0 Å². The van der Waals surface area contributed by atoms with Crippen molar-refractivity contribution in [1.29, 1.82) is 0 Å². The van der Waals surface area contributed by atoms with E-state index >= 15 is 0 Å². The fourth-order valence-electron chi connectivity index (χ4n) is 1.78. The van der Waals surface area contributed by atoms with Gasteiger partial charge in [0.25, 0.3) is 0 Å². The fourth-order valence-corrected chi connectivity index (χ4v) is 1.78. The Bertz CT molecular complexity index is 267. The summed E-state index contributed by atoms with van der Waals surface area (Å²) in [6.45, 7) is 4.43. The van der Waals surface area contributed by atoms with E-state index < -0.39 is 0 Å². The first kappa shape index (κ1) is 9.66. The van der Waals surface area contributed by atoms with Gasteiger partial charge in [-0.05, 0) is 42.9 Å². The van der Waals surface area contributed by atoms with Crippen LogP contribution in [-0.2, 0) is 6.54 Å². The highest BCUT2D eigenvalue weighted by Crippen LogP contribution is 2.36. The molecule has 1 fully saturated rings. The number of nitrogens with one attached hydrogen (secondary N) is 1. The minimum absolute atomic E-state index is 0.840. The van der Waals surface area contributed by atoms with Gasteiger partial charge in [0.1, 0.15) is 0 Å². The van der Waals surface area contributed by atoms with Crippen LogP contribution in [0.15, 0.2) is 24.5 Å². The predicted octanol–water partition coefficient (Wildman–Crippen LogP) is 2.22. The molecule has 0 radical (unpaired) electrons. The summed E-state index contributed by atoms with van der Waals surface area (Å²) < 4.78 is 0. The third kappa shape index (κ3) is 2.81. The topological polar surface area (TPSA) is 24.9 Å². The molecule has 1 aliphatic carbocycles. The molecule has 1 aromatic heterocycles. The van der Waals surface area contributed by atoms with E-state index in [0.717, 1.165) is 24.9 Å². The van der Waals surface area contributed by atoms with Crippen molar-refractivity contribution in [3.63, 3.8) is 0 Å². The van der Waals surface area contributed by atoms with Crippen LogP contribution >= 0.6 is 0 Å². The van der Waals surface area contributed by atoms with Crippen LogP contribution in [0.5, 0.6) is 0 Å². The van der Waals surface area contributed by atoms with Crippen LogP contribution in [-0.4, -0.2) is 11.5 Å². The second-order valence-electron chi connectivity index (χ2n) is 4.31. The fraction of sp³-hybridized carbons (Fsp3) is 0.583. The van der Waals surface area contributed by atoms with E-state index in [0.29, 0.717) is 0 Å². The van der Waals surface area contributed by atoms with Gasteiger partial charge in [0.15, 0.2) is 0 Å². The van der Waals surface area contributed by atoms with Crippen molar-refractivity contribution >= 4 is 0 Å². The van der Waals surface area contributed by atoms with Crippen LogP contribution in [0.2, 0.25) is 0 Å². The van der Waals surface area contributed by atoms with Gasteiger partial charge in [-0.2, -0.15) is 0 Å². The Labute approximate surface area is 85.7 Å². The van der Waals surface area contributed by atoms with Gasteiger partial charge in [0.2, 0.25) is 0 Å². The first-order valence-corrected chi connectivity index (χ1v) is 5.46. The molecule has 1 saturated carbocycles. The molecule has 1 atom stereocenters. The lowest BCUT2D eigenvalue weighted by Gasteiger charge is -2.10. The maximum absolute atomic E-state index is 4.09. The summed E-state index contributed by atoms with van der Waals surface area (Å²) in [6.07, 6.45) is 6.62. The summed E-state index contributed by atoms with van der Waals surface area (Å²) >= 11 is 0. The summed E-state index contributed by atoms with van der Waals surface area (Å²) in [4.78, 5) is 4.09. The second-order valence-corrected chi connectivity index (χ2v) is 4.31. The third-order valence-electron chi connectivity index (χ3n) is 2.94. The van der Waals surface area contributed by atoms with Crippen molar-refractivity contribution in [2.75, 3.05) is 6.54 Å². The second kappa shape index (κ2) is 4.56. The van der Waals surface area contributed by atoms with Crippen molar-refractivity contribution in [2.24, 2.45) is 11.8 Å². The molecule has 0 saturated heterocycles. The SMILES string of the molecule is CC(CNCc1cccnc1)C1CC1. The van der Waals surface area contributed by atoms with Gasteiger partial charge in [-0.3, -0.25) is 4.98 Å². The molecule has 2 nitrogen and oxygen atoms in total. The van der Waals surface area contributed by atoms with E-state index in [1.807, 2.05) is 18.5 Å². The summed E-state index contributed by atoms with van der Waals surface area (Å²) in [6, 6.07) is 4.10. The van der Waals surface area contributed by atoms with Crippen molar-refractivity contribution in [2.45, 2.75) is 26.3 Å². The maximum atomic E-state index is 4.09. The monoisotopic (exact) mass is 190 g/mol. The molecule has 1 N–H and O–H groups in total. The molecule has 1 aliphatic rings. The van der Waals surface area contributed by atoms with E-state index in [1.165, 1.54) is 18.4 Å². The zero-order valence-corrected chi connectivity index (χ0v) is 8.74. The zero-order valence-electron chi connectivity index (χ0n) is 8.74. The Morgan fingerprint density at radius 3 is 3.07 bits per heavy atom. The summed E-state index contributed by atoms with van der Waals surface area (Å²) in [7, 11) is 0. The van der Waals surface area contributed by atoms with Crippen molar-refractivity contribution < 1.29 is 0 Å². The minimum atomic E-state index is 0.840. The van der Waals surface area contributed by atoms with Crippen LogP contribution in [0, 0.1) is 11.8 Å². The number of aromatic nitrogens is 1. The Morgan fingerprint density at radius 1 is 1.57 bits per heavy atom. The number of hydrogen-bond acceptors (Lipinski definition) is 2. The minimum Gasteiger partial charge on any atom is -0.312 e. The van der Waals surface area contributed by atoms with Crippen LogP contribution in [0.4, 0.5) is 0 Å².